The van der Waals surface area contributed by atoms with E-state index < -0.39 is 0 Å². The standard InChI is InChI=1S/C21H25/c1-2-3-4-5-6-7-11-17-13-10-15-20-19-14-9-8-12-18(19)16-21(17)20/h8-10,12-16H,2-7,11H2,1H3. The normalized spacial score (nSPS) is 12.2. The van der Waals surface area contributed by atoms with Crippen molar-refractivity contribution in [2.24, 2.45) is 0 Å². The van der Waals surface area contributed by atoms with Crippen molar-refractivity contribution in [3.63, 3.8) is 0 Å². The van der Waals surface area contributed by atoms with Gasteiger partial charge in [-0.3, -0.25) is 0 Å². The number of aryl methyl sites for hydroxylation is 1. The lowest BCUT2D eigenvalue weighted by atomic mass is 9.97. The number of benzene rings is 2. The topological polar surface area (TPSA) is 0 Å². The molecular formula is C21H25. The average molecular weight is 277 g/mol. The zero-order valence-corrected chi connectivity index (χ0v) is 13.1. The molecule has 0 saturated heterocycles. The molecule has 0 heterocycles. The number of rotatable bonds is 7. The Balaban J connectivity index is 1.64. The first-order valence-electron chi connectivity index (χ1n) is 8.46. The van der Waals surface area contributed by atoms with E-state index in [1.54, 1.807) is 0 Å². The largest absolute Gasteiger partial charge is 0.0654 e. The SMILES string of the molecule is CCCCCCCCc1cccc2c1[CH]c1ccccc1-2. The number of unbranched alkanes of at least 4 members (excludes halogenated alkanes) is 5. The van der Waals surface area contributed by atoms with Crippen molar-refractivity contribution in [3.05, 3.63) is 65.6 Å². The van der Waals surface area contributed by atoms with Crippen LogP contribution in [0.15, 0.2) is 42.5 Å². The van der Waals surface area contributed by atoms with Crippen molar-refractivity contribution in [2.45, 2.75) is 51.9 Å². The second-order valence-corrected chi connectivity index (χ2v) is 6.13. The number of hydrogen-bond acceptors (Lipinski definition) is 0. The molecule has 1 radical (unpaired) electrons. The summed E-state index contributed by atoms with van der Waals surface area (Å²) in [6.07, 6.45) is 11.8. The van der Waals surface area contributed by atoms with Crippen LogP contribution in [0.5, 0.6) is 0 Å². The highest BCUT2D eigenvalue weighted by Crippen LogP contribution is 2.39. The first kappa shape index (κ1) is 14.4. The Kier molecular flexibility index (Phi) is 4.75. The Hall–Kier alpha value is -1.56. The minimum atomic E-state index is 1.22. The summed E-state index contributed by atoms with van der Waals surface area (Å²) in [5.41, 5.74) is 7.20. The maximum Gasteiger partial charge on any atom is 0.0214 e. The molecule has 2 aromatic rings. The molecule has 1 aliphatic carbocycles. The van der Waals surface area contributed by atoms with Crippen LogP contribution in [0.1, 0.15) is 62.1 Å². The van der Waals surface area contributed by atoms with Gasteiger partial charge in [0.15, 0.2) is 0 Å². The molecule has 0 saturated carbocycles. The molecule has 0 spiro atoms. The Labute approximate surface area is 129 Å². The van der Waals surface area contributed by atoms with E-state index in [1.165, 1.54) is 72.8 Å². The van der Waals surface area contributed by atoms with Crippen molar-refractivity contribution in [2.75, 3.05) is 0 Å². The fourth-order valence-corrected chi connectivity index (χ4v) is 3.36. The van der Waals surface area contributed by atoms with E-state index in [0.29, 0.717) is 0 Å². The molecule has 109 valence electrons. The van der Waals surface area contributed by atoms with Crippen LogP contribution in [0.3, 0.4) is 0 Å². The molecule has 0 aromatic heterocycles. The van der Waals surface area contributed by atoms with Gasteiger partial charge in [-0.25, -0.2) is 0 Å². The van der Waals surface area contributed by atoms with Gasteiger partial charge in [-0.1, -0.05) is 81.5 Å². The second-order valence-electron chi connectivity index (χ2n) is 6.13. The molecule has 1 aliphatic rings. The Morgan fingerprint density at radius 3 is 2.38 bits per heavy atom. The van der Waals surface area contributed by atoms with Crippen LogP contribution in [-0.4, -0.2) is 0 Å². The highest BCUT2D eigenvalue weighted by Gasteiger charge is 2.20. The lowest BCUT2D eigenvalue weighted by Crippen LogP contribution is -1.92. The van der Waals surface area contributed by atoms with Crippen molar-refractivity contribution in [3.8, 4) is 11.1 Å². The fraction of sp³-hybridized carbons (Fsp3) is 0.381. The van der Waals surface area contributed by atoms with E-state index in [2.05, 4.69) is 55.8 Å². The van der Waals surface area contributed by atoms with Crippen LogP contribution in [0.4, 0.5) is 0 Å². The van der Waals surface area contributed by atoms with Crippen LogP contribution >= 0.6 is 0 Å². The highest BCUT2D eigenvalue weighted by molar-refractivity contribution is 5.82. The summed E-state index contributed by atoms with van der Waals surface area (Å²) in [6, 6.07) is 15.5. The van der Waals surface area contributed by atoms with Crippen LogP contribution in [0, 0.1) is 6.42 Å². The maximum atomic E-state index is 2.37. The molecule has 21 heavy (non-hydrogen) atoms. The van der Waals surface area contributed by atoms with Crippen LogP contribution in [0.25, 0.3) is 11.1 Å². The molecular weight excluding hydrogens is 252 g/mol. The quantitative estimate of drug-likeness (QED) is 0.453. The molecule has 2 aromatic carbocycles. The predicted molar refractivity (Wildman–Crippen MR) is 91.5 cm³/mol. The van der Waals surface area contributed by atoms with Gasteiger partial charge in [0.05, 0.1) is 0 Å². The number of fused-ring (bicyclic) bond motifs is 3. The second kappa shape index (κ2) is 6.93. The van der Waals surface area contributed by atoms with Gasteiger partial charge in [0.25, 0.3) is 0 Å². The van der Waals surface area contributed by atoms with Gasteiger partial charge in [0.2, 0.25) is 0 Å². The summed E-state index contributed by atoms with van der Waals surface area (Å²) in [5, 5.41) is 0. The zero-order valence-electron chi connectivity index (χ0n) is 13.1. The summed E-state index contributed by atoms with van der Waals surface area (Å²) in [4.78, 5) is 0. The molecule has 0 nitrogen and oxygen atoms in total. The molecule has 0 amide bonds. The summed E-state index contributed by atoms with van der Waals surface area (Å²) >= 11 is 0. The van der Waals surface area contributed by atoms with Crippen molar-refractivity contribution in [1.82, 2.24) is 0 Å². The van der Waals surface area contributed by atoms with E-state index in [1.807, 2.05) is 0 Å². The first-order valence-corrected chi connectivity index (χ1v) is 8.46. The number of hydrogen-bond donors (Lipinski definition) is 0. The third-order valence-corrected chi connectivity index (χ3v) is 4.55. The lowest BCUT2D eigenvalue weighted by Gasteiger charge is -2.08. The van der Waals surface area contributed by atoms with Gasteiger partial charge in [-0.2, -0.15) is 0 Å². The van der Waals surface area contributed by atoms with E-state index >= 15 is 0 Å². The summed E-state index contributed by atoms with van der Waals surface area (Å²) in [5.74, 6) is 0. The third kappa shape index (κ3) is 3.20. The van der Waals surface area contributed by atoms with Gasteiger partial charge in [0, 0.05) is 6.42 Å². The third-order valence-electron chi connectivity index (χ3n) is 4.55. The highest BCUT2D eigenvalue weighted by atomic mass is 14.2. The van der Waals surface area contributed by atoms with Crippen LogP contribution in [0.2, 0.25) is 0 Å². The minimum absolute atomic E-state index is 1.22. The average Bonchev–Trinajstić information content (AvgIpc) is 2.90. The van der Waals surface area contributed by atoms with Gasteiger partial charge < -0.3 is 0 Å². The van der Waals surface area contributed by atoms with Gasteiger partial charge in [-0.15, -0.1) is 0 Å². The molecule has 0 aliphatic heterocycles. The lowest BCUT2D eigenvalue weighted by molar-refractivity contribution is 0.607. The summed E-state index contributed by atoms with van der Waals surface area (Å²) in [6.45, 7) is 2.28. The smallest absolute Gasteiger partial charge is 0.0214 e. The van der Waals surface area contributed by atoms with Gasteiger partial charge in [-0.05, 0) is 40.7 Å². The molecule has 0 atom stereocenters. The zero-order chi connectivity index (χ0) is 14.5. The molecule has 0 unspecified atom stereocenters. The van der Waals surface area contributed by atoms with E-state index in [-0.39, 0.29) is 0 Å². The minimum Gasteiger partial charge on any atom is -0.0654 e. The van der Waals surface area contributed by atoms with Gasteiger partial charge >= 0.3 is 0 Å². The van der Waals surface area contributed by atoms with Crippen molar-refractivity contribution < 1.29 is 0 Å². The van der Waals surface area contributed by atoms with Crippen molar-refractivity contribution >= 4 is 0 Å². The van der Waals surface area contributed by atoms with Crippen molar-refractivity contribution in [1.29, 1.82) is 0 Å². The Morgan fingerprint density at radius 1 is 0.714 bits per heavy atom. The van der Waals surface area contributed by atoms with E-state index in [0.717, 1.165) is 0 Å². The van der Waals surface area contributed by atoms with E-state index in [4.69, 9.17) is 0 Å². The summed E-state index contributed by atoms with van der Waals surface area (Å²) < 4.78 is 0. The maximum absolute atomic E-state index is 2.37. The Morgan fingerprint density at radius 2 is 1.48 bits per heavy atom. The fourth-order valence-electron chi connectivity index (χ4n) is 3.36. The molecule has 0 N–H and O–H groups in total. The molecule has 0 bridgehead atoms. The predicted octanol–water partition coefficient (Wildman–Crippen LogP) is 6.17. The van der Waals surface area contributed by atoms with E-state index in [9.17, 15) is 0 Å². The summed E-state index contributed by atoms with van der Waals surface area (Å²) in [7, 11) is 0. The molecule has 3 rings (SSSR count). The molecule has 0 fully saturated rings. The van der Waals surface area contributed by atoms with Crippen LogP contribution in [-0.2, 0) is 6.42 Å². The Bertz CT molecular complexity index is 595. The molecule has 0 heteroatoms. The monoisotopic (exact) mass is 277 g/mol. The van der Waals surface area contributed by atoms with Crippen LogP contribution < -0.4 is 0 Å². The van der Waals surface area contributed by atoms with Gasteiger partial charge in [0.1, 0.15) is 0 Å². The first-order chi connectivity index (χ1) is 10.4.